The van der Waals surface area contributed by atoms with Crippen molar-refractivity contribution in [2.24, 2.45) is 0 Å². The second-order valence-corrected chi connectivity index (χ2v) is 4.91. The van der Waals surface area contributed by atoms with Crippen LogP contribution in [0.25, 0.3) is 0 Å². The molecule has 0 aliphatic carbocycles. The number of nitrogens with one attached hydrogen (secondary N) is 1. The Balaban J connectivity index is 1.97. The number of hydrogen-bond acceptors (Lipinski definition) is 4. The van der Waals surface area contributed by atoms with E-state index in [1.54, 1.807) is 6.33 Å². The summed E-state index contributed by atoms with van der Waals surface area (Å²) < 4.78 is 1.90. The zero-order chi connectivity index (χ0) is 12.3. The highest BCUT2D eigenvalue weighted by Gasteiger charge is 2.09. The molecule has 0 spiro atoms. The molecular formula is C11H14N4OS. The van der Waals surface area contributed by atoms with Crippen molar-refractivity contribution in [2.75, 3.05) is 0 Å². The molecule has 0 unspecified atom stereocenters. The molecule has 0 radical (unpaired) electrons. The number of rotatable bonds is 4. The van der Waals surface area contributed by atoms with Crippen LogP contribution in [0.4, 0.5) is 0 Å². The molecule has 5 nitrogen and oxygen atoms in total. The Bertz CT molecular complexity index is 517. The van der Waals surface area contributed by atoms with Crippen LogP contribution >= 0.6 is 11.3 Å². The van der Waals surface area contributed by atoms with Crippen LogP contribution in [-0.2, 0) is 13.1 Å². The molecule has 0 bridgehead atoms. The van der Waals surface area contributed by atoms with E-state index in [0.29, 0.717) is 6.54 Å². The highest BCUT2D eigenvalue weighted by atomic mass is 32.1. The van der Waals surface area contributed by atoms with Gasteiger partial charge >= 0.3 is 0 Å². The summed E-state index contributed by atoms with van der Waals surface area (Å²) in [6.45, 7) is 5.20. The van der Waals surface area contributed by atoms with Gasteiger partial charge in [0, 0.05) is 11.4 Å². The number of hydrogen-bond donors (Lipinski definition) is 1. The Morgan fingerprint density at radius 2 is 2.35 bits per heavy atom. The van der Waals surface area contributed by atoms with E-state index in [1.165, 1.54) is 11.3 Å². The SMILES string of the molecule is CCn1cnnc1CNC(=O)c1ccc(C)s1. The Morgan fingerprint density at radius 3 is 3.00 bits per heavy atom. The van der Waals surface area contributed by atoms with Crippen molar-refractivity contribution in [1.82, 2.24) is 20.1 Å². The number of carbonyl (C=O) groups excluding carboxylic acids is 1. The Hall–Kier alpha value is -1.69. The molecule has 2 aromatic heterocycles. The third kappa shape index (κ3) is 2.71. The van der Waals surface area contributed by atoms with Crippen LogP contribution in [0.3, 0.4) is 0 Å². The quantitative estimate of drug-likeness (QED) is 0.896. The first-order valence-corrected chi connectivity index (χ1v) is 6.23. The summed E-state index contributed by atoms with van der Waals surface area (Å²) >= 11 is 1.49. The first-order chi connectivity index (χ1) is 8.20. The average Bonchev–Trinajstić information content (AvgIpc) is 2.94. The van der Waals surface area contributed by atoms with E-state index in [2.05, 4.69) is 15.5 Å². The predicted molar refractivity (Wildman–Crippen MR) is 65.9 cm³/mol. The van der Waals surface area contributed by atoms with Crippen molar-refractivity contribution >= 4 is 17.2 Å². The number of amides is 1. The topological polar surface area (TPSA) is 59.8 Å². The van der Waals surface area contributed by atoms with Gasteiger partial charge in [-0.05, 0) is 26.0 Å². The van der Waals surface area contributed by atoms with E-state index in [0.717, 1.165) is 22.1 Å². The molecule has 2 aromatic rings. The van der Waals surface area contributed by atoms with Crippen LogP contribution in [-0.4, -0.2) is 20.7 Å². The molecular weight excluding hydrogens is 236 g/mol. The molecule has 90 valence electrons. The van der Waals surface area contributed by atoms with Crippen molar-refractivity contribution in [3.63, 3.8) is 0 Å². The molecule has 1 N–H and O–H groups in total. The maximum absolute atomic E-state index is 11.8. The zero-order valence-electron chi connectivity index (χ0n) is 9.80. The fourth-order valence-corrected chi connectivity index (χ4v) is 2.27. The van der Waals surface area contributed by atoms with Crippen LogP contribution < -0.4 is 5.32 Å². The van der Waals surface area contributed by atoms with Crippen LogP contribution in [0.15, 0.2) is 18.5 Å². The molecule has 2 heterocycles. The third-order valence-electron chi connectivity index (χ3n) is 2.41. The number of thiophene rings is 1. The summed E-state index contributed by atoms with van der Waals surface area (Å²) in [4.78, 5) is 13.7. The number of aryl methyl sites for hydroxylation is 2. The van der Waals surface area contributed by atoms with E-state index in [1.807, 2.05) is 30.5 Å². The molecule has 2 rings (SSSR count). The summed E-state index contributed by atoms with van der Waals surface area (Å²) in [5.41, 5.74) is 0. The average molecular weight is 250 g/mol. The summed E-state index contributed by atoms with van der Waals surface area (Å²) in [5, 5.41) is 10.6. The van der Waals surface area contributed by atoms with E-state index < -0.39 is 0 Å². The first kappa shape index (κ1) is 11.8. The molecule has 0 aliphatic rings. The smallest absolute Gasteiger partial charge is 0.261 e. The molecule has 6 heteroatoms. The lowest BCUT2D eigenvalue weighted by atomic mass is 10.4. The van der Waals surface area contributed by atoms with Crippen molar-refractivity contribution in [1.29, 1.82) is 0 Å². The lowest BCUT2D eigenvalue weighted by Crippen LogP contribution is -2.23. The van der Waals surface area contributed by atoms with Crippen molar-refractivity contribution < 1.29 is 4.79 Å². The fraction of sp³-hybridized carbons (Fsp3) is 0.364. The second-order valence-electron chi connectivity index (χ2n) is 3.63. The summed E-state index contributed by atoms with van der Waals surface area (Å²) in [5.74, 6) is 0.711. The van der Waals surface area contributed by atoms with Gasteiger partial charge in [0.25, 0.3) is 5.91 Å². The molecule has 0 fully saturated rings. The summed E-state index contributed by atoms with van der Waals surface area (Å²) in [6, 6.07) is 3.77. The summed E-state index contributed by atoms with van der Waals surface area (Å²) in [7, 11) is 0. The maximum Gasteiger partial charge on any atom is 0.261 e. The van der Waals surface area contributed by atoms with Crippen molar-refractivity contribution in [2.45, 2.75) is 26.9 Å². The van der Waals surface area contributed by atoms with Crippen molar-refractivity contribution in [3.8, 4) is 0 Å². The maximum atomic E-state index is 11.8. The van der Waals surface area contributed by atoms with Crippen LogP contribution in [0, 0.1) is 6.92 Å². The lowest BCUT2D eigenvalue weighted by molar-refractivity contribution is 0.0953. The van der Waals surface area contributed by atoms with E-state index in [9.17, 15) is 4.79 Å². The molecule has 17 heavy (non-hydrogen) atoms. The first-order valence-electron chi connectivity index (χ1n) is 5.42. The zero-order valence-corrected chi connectivity index (χ0v) is 10.6. The standard InChI is InChI=1S/C11H14N4OS/c1-3-15-7-13-14-10(15)6-12-11(16)9-5-4-8(2)17-9/h4-5,7H,3,6H2,1-2H3,(H,12,16). The number of aromatic nitrogens is 3. The van der Waals surface area contributed by atoms with Gasteiger partial charge in [0.1, 0.15) is 6.33 Å². The third-order valence-corrected chi connectivity index (χ3v) is 3.41. The molecule has 0 aromatic carbocycles. The van der Waals surface area contributed by atoms with E-state index >= 15 is 0 Å². The van der Waals surface area contributed by atoms with Gasteiger partial charge in [0.05, 0.1) is 11.4 Å². The summed E-state index contributed by atoms with van der Waals surface area (Å²) in [6.07, 6.45) is 1.66. The highest BCUT2D eigenvalue weighted by Crippen LogP contribution is 2.14. The van der Waals surface area contributed by atoms with Crippen LogP contribution in [0.2, 0.25) is 0 Å². The number of nitrogens with zero attached hydrogens (tertiary/aromatic N) is 3. The lowest BCUT2D eigenvalue weighted by Gasteiger charge is -2.04. The minimum atomic E-state index is -0.0613. The monoisotopic (exact) mass is 250 g/mol. The second kappa shape index (κ2) is 5.09. The largest absolute Gasteiger partial charge is 0.344 e. The minimum absolute atomic E-state index is 0.0613. The molecule has 0 saturated carbocycles. The molecule has 0 saturated heterocycles. The molecule has 1 amide bonds. The number of carbonyl (C=O) groups is 1. The van der Waals surface area contributed by atoms with Crippen molar-refractivity contribution in [3.05, 3.63) is 34.0 Å². The fourth-order valence-electron chi connectivity index (χ4n) is 1.48. The predicted octanol–water partition coefficient (Wildman–Crippen LogP) is 1.60. The van der Waals surface area contributed by atoms with Gasteiger partial charge in [-0.15, -0.1) is 21.5 Å². The Morgan fingerprint density at radius 1 is 1.53 bits per heavy atom. The van der Waals surface area contributed by atoms with E-state index in [4.69, 9.17) is 0 Å². The van der Waals surface area contributed by atoms with Gasteiger partial charge in [-0.25, -0.2) is 0 Å². The van der Waals surface area contributed by atoms with Gasteiger partial charge in [-0.1, -0.05) is 0 Å². The Kier molecular flexibility index (Phi) is 3.53. The molecule has 0 aliphatic heterocycles. The normalized spacial score (nSPS) is 10.5. The highest BCUT2D eigenvalue weighted by molar-refractivity contribution is 7.13. The molecule has 0 atom stereocenters. The van der Waals surface area contributed by atoms with Gasteiger partial charge in [0.15, 0.2) is 5.82 Å². The van der Waals surface area contributed by atoms with Gasteiger partial charge in [-0.3, -0.25) is 4.79 Å². The van der Waals surface area contributed by atoms with Crippen LogP contribution in [0.5, 0.6) is 0 Å². The van der Waals surface area contributed by atoms with E-state index in [-0.39, 0.29) is 5.91 Å². The Labute approximate surface area is 103 Å². The van der Waals surface area contributed by atoms with Gasteiger partial charge in [0.2, 0.25) is 0 Å². The minimum Gasteiger partial charge on any atom is -0.344 e. The van der Waals surface area contributed by atoms with Gasteiger partial charge < -0.3 is 9.88 Å². The van der Waals surface area contributed by atoms with Gasteiger partial charge in [-0.2, -0.15) is 0 Å². The van der Waals surface area contributed by atoms with Crippen LogP contribution in [0.1, 0.15) is 27.3 Å².